The van der Waals surface area contributed by atoms with Crippen LogP contribution in [0.4, 0.5) is 23.1 Å². The molecule has 0 radical (unpaired) electrons. The molecule has 10 heteroatoms. The normalized spacial score (nSPS) is 13.6. The van der Waals surface area contributed by atoms with Gasteiger partial charge in [0, 0.05) is 37.1 Å². The highest BCUT2D eigenvalue weighted by molar-refractivity contribution is 9.10. The first-order valence-electron chi connectivity index (χ1n) is 11.0. The molecule has 1 aliphatic heterocycles. The van der Waals surface area contributed by atoms with E-state index in [9.17, 15) is 9.59 Å². The maximum Gasteiger partial charge on any atom is 0.238 e. The van der Waals surface area contributed by atoms with Gasteiger partial charge in [-0.05, 0) is 66.5 Å². The summed E-state index contributed by atoms with van der Waals surface area (Å²) in [6.07, 6.45) is 5.23. The third-order valence-electron chi connectivity index (χ3n) is 4.93. The van der Waals surface area contributed by atoms with Crippen LogP contribution in [0.5, 0.6) is 0 Å². The fourth-order valence-electron chi connectivity index (χ4n) is 3.35. The second kappa shape index (κ2) is 12.4. The Hall–Kier alpha value is -2.72. The number of carbonyl (C=O) groups excluding carboxylic acids is 2. The van der Waals surface area contributed by atoms with Crippen LogP contribution in [-0.2, 0) is 9.59 Å². The minimum atomic E-state index is -0.0154. The first-order chi connectivity index (χ1) is 15.5. The van der Waals surface area contributed by atoms with E-state index in [-0.39, 0.29) is 11.8 Å². The molecule has 172 valence electrons. The molecule has 0 saturated carbocycles. The Kier molecular flexibility index (Phi) is 9.24. The maximum absolute atomic E-state index is 12.3. The van der Waals surface area contributed by atoms with Crippen LogP contribution in [0.3, 0.4) is 0 Å². The molecule has 0 atom stereocenters. The largest absolute Gasteiger partial charge is 0.368 e. The van der Waals surface area contributed by atoms with E-state index in [0.29, 0.717) is 48.0 Å². The van der Waals surface area contributed by atoms with Crippen LogP contribution in [-0.4, -0.2) is 59.4 Å². The minimum absolute atomic E-state index is 0.00599. The van der Waals surface area contributed by atoms with Gasteiger partial charge in [0.25, 0.3) is 0 Å². The van der Waals surface area contributed by atoms with Crippen molar-refractivity contribution in [2.75, 3.05) is 48.7 Å². The van der Waals surface area contributed by atoms with Crippen LogP contribution < -0.4 is 21.3 Å². The van der Waals surface area contributed by atoms with Gasteiger partial charge in [0.1, 0.15) is 5.82 Å². The molecule has 0 spiro atoms. The monoisotopic (exact) mass is 503 g/mol. The van der Waals surface area contributed by atoms with Crippen molar-refractivity contribution >= 4 is 50.9 Å². The third-order valence-corrected chi connectivity index (χ3v) is 5.51. The molecule has 4 N–H and O–H groups in total. The number of rotatable bonds is 11. The molecule has 1 aromatic carbocycles. The summed E-state index contributed by atoms with van der Waals surface area (Å²) >= 11 is 3.43. The van der Waals surface area contributed by atoms with Crippen molar-refractivity contribution < 1.29 is 9.59 Å². The van der Waals surface area contributed by atoms with Crippen LogP contribution in [0.15, 0.2) is 34.9 Å². The van der Waals surface area contributed by atoms with Gasteiger partial charge in [-0.1, -0.05) is 13.0 Å². The van der Waals surface area contributed by atoms with Gasteiger partial charge in [-0.2, -0.15) is 4.98 Å². The molecule has 0 bridgehead atoms. The smallest absolute Gasteiger partial charge is 0.238 e. The predicted molar refractivity (Wildman–Crippen MR) is 130 cm³/mol. The molecular formula is C22H30BrN7O2. The van der Waals surface area contributed by atoms with Gasteiger partial charge >= 0.3 is 0 Å². The van der Waals surface area contributed by atoms with Crippen molar-refractivity contribution in [3.63, 3.8) is 0 Å². The van der Waals surface area contributed by atoms with Crippen LogP contribution in [0.1, 0.15) is 32.6 Å². The summed E-state index contributed by atoms with van der Waals surface area (Å²) in [4.78, 5) is 35.0. The van der Waals surface area contributed by atoms with Gasteiger partial charge in [-0.15, -0.1) is 0 Å². The zero-order valence-corrected chi connectivity index (χ0v) is 19.9. The second-order valence-corrected chi connectivity index (χ2v) is 8.51. The molecule has 1 saturated heterocycles. The SMILES string of the molecule is CCCNC(=O)CCNc1nc(Nc2cccc(NC(=O)CN3CCCC3)c2)ncc1Br. The molecule has 9 nitrogen and oxygen atoms in total. The number of nitrogens with zero attached hydrogens (tertiary/aromatic N) is 3. The lowest BCUT2D eigenvalue weighted by Gasteiger charge is -2.14. The second-order valence-electron chi connectivity index (χ2n) is 7.65. The Labute approximate surface area is 196 Å². The van der Waals surface area contributed by atoms with E-state index in [1.54, 1.807) is 6.20 Å². The fourth-order valence-corrected chi connectivity index (χ4v) is 3.68. The Balaban J connectivity index is 1.54. The molecule has 0 unspecified atom stereocenters. The summed E-state index contributed by atoms with van der Waals surface area (Å²) in [5.74, 6) is 0.998. The number of hydrogen-bond donors (Lipinski definition) is 4. The van der Waals surface area contributed by atoms with Crippen LogP contribution in [0.25, 0.3) is 0 Å². The standard InChI is InChI=1S/C22H30BrN7O2/c1-2-9-24-19(31)8-10-25-21-18(23)14-26-22(29-21)28-17-7-5-6-16(13-17)27-20(32)15-30-11-3-4-12-30/h5-7,13-14H,2-4,8-12,15H2,1H3,(H,24,31)(H,27,32)(H2,25,26,28,29). The average molecular weight is 504 g/mol. The number of anilines is 4. The van der Waals surface area contributed by atoms with Gasteiger partial charge < -0.3 is 21.3 Å². The van der Waals surface area contributed by atoms with Crippen molar-refractivity contribution in [3.05, 3.63) is 34.9 Å². The van der Waals surface area contributed by atoms with E-state index in [1.165, 1.54) is 0 Å². The Bertz CT molecular complexity index is 919. The van der Waals surface area contributed by atoms with Gasteiger partial charge in [0.2, 0.25) is 17.8 Å². The Morgan fingerprint density at radius 2 is 1.91 bits per heavy atom. The Morgan fingerprint density at radius 1 is 1.12 bits per heavy atom. The fraction of sp³-hybridized carbons (Fsp3) is 0.455. The van der Waals surface area contributed by atoms with Crippen molar-refractivity contribution in [3.8, 4) is 0 Å². The summed E-state index contributed by atoms with van der Waals surface area (Å²) in [6, 6.07) is 7.44. The lowest BCUT2D eigenvalue weighted by Crippen LogP contribution is -2.30. The zero-order chi connectivity index (χ0) is 22.8. The van der Waals surface area contributed by atoms with E-state index in [4.69, 9.17) is 0 Å². The van der Waals surface area contributed by atoms with Crippen molar-refractivity contribution in [1.82, 2.24) is 20.2 Å². The first-order valence-corrected chi connectivity index (χ1v) is 11.7. The number of carbonyl (C=O) groups is 2. The van der Waals surface area contributed by atoms with E-state index in [1.807, 2.05) is 31.2 Å². The van der Waals surface area contributed by atoms with Gasteiger partial charge in [0.15, 0.2) is 0 Å². The van der Waals surface area contributed by atoms with E-state index >= 15 is 0 Å². The first kappa shape index (κ1) is 23.9. The van der Waals surface area contributed by atoms with Crippen molar-refractivity contribution in [2.45, 2.75) is 32.6 Å². The van der Waals surface area contributed by atoms with Crippen molar-refractivity contribution in [1.29, 1.82) is 0 Å². The molecule has 2 heterocycles. The van der Waals surface area contributed by atoms with Crippen LogP contribution in [0.2, 0.25) is 0 Å². The molecule has 2 amide bonds. The maximum atomic E-state index is 12.3. The number of aromatic nitrogens is 2. The zero-order valence-electron chi connectivity index (χ0n) is 18.3. The van der Waals surface area contributed by atoms with Crippen LogP contribution in [0, 0.1) is 0 Å². The lowest BCUT2D eigenvalue weighted by molar-refractivity contribution is -0.121. The number of halogens is 1. The molecule has 1 aromatic heterocycles. The number of nitrogens with one attached hydrogen (secondary N) is 4. The van der Waals surface area contributed by atoms with E-state index < -0.39 is 0 Å². The number of benzene rings is 1. The van der Waals surface area contributed by atoms with E-state index in [2.05, 4.69) is 52.1 Å². The lowest BCUT2D eigenvalue weighted by atomic mass is 10.2. The summed E-state index contributed by atoms with van der Waals surface area (Å²) in [7, 11) is 0. The van der Waals surface area contributed by atoms with E-state index in [0.717, 1.165) is 38.0 Å². The molecule has 1 fully saturated rings. The predicted octanol–water partition coefficient (Wildman–Crippen LogP) is 3.35. The topological polar surface area (TPSA) is 111 Å². The third kappa shape index (κ3) is 7.76. The molecule has 2 aromatic rings. The van der Waals surface area contributed by atoms with Gasteiger partial charge in [-0.25, -0.2) is 4.98 Å². The highest BCUT2D eigenvalue weighted by Gasteiger charge is 2.15. The summed E-state index contributed by atoms with van der Waals surface area (Å²) in [6.45, 7) is 5.54. The highest BCUT2D eigenvalue weighted by Crippen LogP contribution is 2.23. The molecule has 0 aliphatic carbocycles. The Morgan fingerprint density at radius 3 is 2.69 bits per heavy atom. The number of amides is 2. The molecule has 1 aliphatic rings. The summed E-state index contributed by atoms with van der Waals surface area (Å²) in [5, 5.41) is 12.1. The quantitative estimate of drug-likeness (QED) is 0.372. The minimum Gasteiger partial charge on any atom is -0.368 e. The number of likely N-dealkylation sites (tertiary alicyclic amines) is 1. The summed E-state index contributed by atoms with van der Waals surface area (Å²) in [5.41, 5.74) is 1.48. The molecule has 32 heavy (non-hydrogen) atoms. The van der Waals surface area contributed by atoms with Crippen LogP contribution >= 0.6 is 15.9 Å². The molecular weight excluding hydrogens is 474 g/mol. The average Bonchev–Trinajstić information content (AvgIpc) is 3.27. The molecule has 3 rings (SSSR count). The van der Waals surface area contributed by atoms with Crippen molar-refractivity contribution in [2.24, 2.45) is 0 Å². The van der Waals surface area contributed by atoms with Gasteiger partial charge in [0.05, 0.1) is 11.0 Å². The number of hydrogen-bond acceptors (Lipinski definition) is 7. The van der Waals surface area contributed by atoms with Gasteiger partial charge in [-0.3, -0.25) is 14.5 Å². The highest BCUT2D eigenvalue weighted by atomic mass is 79.9. The summed E-state index contributed by atoms with van der Waals surface area (Å²) < 4.78 is 0.708.